The van der Waals surface area contributed by atoms with E-state index in [0.717, 1.165) is 42.7 Å². The highest BCUT2D eigenvalue weighted by Gasteiger charge is 2.24. The van der Waals surface area contributed by atoms with Crippen LogP contribution in [0.25, 0.3) is 0 Å². The van der Waals surface area contributed by atoms with E-state index in [1.807, 2.05) is 24.3 Å². The SMILES string of the molecule is CC1CCC(C(=O)c2ccc(CCC(=O)O)cc2)CC1. The van der Waals surface area contributed by atoms with Gasteiger partial charge in [-0.1, -0.05) is 44.0 Å². The van der Waals surface area contributed by atoms with Crippen LogP contribution in [0.3, 0.4) is 0 Å². The molecule has 0 heterocycles. The van der Waals surface area contributed by atoms with Gasteiger partial charge in [0.05, 0.1) is 0 Å². The molecule has 0 amide bonds. The van der Waals surface area contributed by atoms with Crippen LogP contribution in [0.5, 0.6) is 0 Å². The lowest BCUT2D eigenvalue weighted by Crippen LogP contribution is -2.20. The third kappa shape index (κ3) is 3.92. The summed E-state index contributed by atoms with van der Waals surface area (Å²) in [5.41, 5.74) is 1.74. The van der Waals surface area contributed by atoms with Gasteiger partial charge < -0.3 is 5.11 Å². The molecule has 20 heavy (non-hydrogen) atoms. The number of carboxylic acids is 1. The predicted octanol–water partition coefficient (Wildman–Crippen LogP) is 3.71. The van der Waals surface area contributed by atoms with Crippen molar-refractivity contribution >= 4 is 11.8 Å². The average Bonchev–Trinajstić information content (AvgIpc) is 2.46. The van der Waals surface area contributed by atoms with Gasteiger partial charge in [0, 0.05) is 17.9 Å². The van der Waals surface area contributed by atoms with Crippen LogP contribution >= 0.6 is 0 Å². The Kier molecular flexibility index (Phi) is 4.94. The molecule has 0 bridgehead atoms. The Morgan fingerprint density at radius 3 is 2.25 bits per heavy atom. The molecule has 1 aromatic rings. The molecule has 108 valence electrons. The van der Waals surface area contributed by atoms with E-state index in [2.05, 4.69) is 6.92 Å². The first-order valence-corrected chi connectivity index (χ1v) is 7.41. The number of carbonyl (C=O) groups is 2. The molecule has 0 aliphatic heterocycles. The third-order valence-electron chi connectivity index (χ3n) is 4.25. The summed E-state index contributed by atoms with van der Waals surface area (Å²) < 4.78 is 0. The maximum absolute atomic E-state index is 12.4. The van der Waals surface area contributed by atoms with Crippen molar-refractivity contribution in [1.82, 2.24) is 0 Å². The second kappa shape index (κ2) is 6.69. The molecular weight excluding hydrogens is 252 g/mol. The van der Waals surface area contributed by atoms with Crippen molar-refractivity contribution in [2.45, 2.75) is 45.4 Å². The van der Waals surface area contributed by atoms with Crippen LogP contribution in [0.2, 0.25) is 0 Å². The van der Waals surface area contributed by atoms with Crippen LogP contribution < -0.4 is 0 Å². The van der Waals surface area contributed by atoms with Crippen molar-refractivity contribution in [3.8, 4) is 0 Å². The van der Waals surface area contributed by atoms with Crippen molar-refractivity contribution < 1.29 is 14.7 Å². The average molecular weight is 274 g/mol. The fraction of sp³-hybridized carbons (Fsp3) is 0.529. The van der Waals surface area contributed by atoms with Gasteiger partial charge in [0.1, 0.15) is 0 Å². The Labute approximate surface area is 120 Å². The molecule has 1 N–H and O–H groups in total. The maximum Gasteiger partial charge on any atom is 0.303 e. The minimum absolute atomic E-state index is 0.133. The highest BCUT2D eigenvalue weighted by atomic mass is 16.4. The molecular formula is C17H22O3. The summed E-state index contributed by atoms with van der Waals surface area (Å²) in [5.74, 6) is 0.386. The van der Waals surface area contributed by atoms with Gasteiger partial charge in [-0.2, -0.15) is 0 Å². The number of aliphatic carboxylic acids is 1. The van der Waals surface area contributed by atoms with E-state index >= 15 is 0 Å². The smallest absolute Gasteiger partial charge is 0.303 e. The van der Waals surface area contributed by atoms with Gasteiger partial charge in [-0.15, -0.1) is 0 Å². The Bertz CT molecular complexity index is 468. The fourth-order valence-corrected chi connectivity index (χ4v) is 2.84. The Balaban J connectivity index is 1.95. The number of hydrogen-bond donors (Lipinski definition) is 1. The van der Waals surface area contributed by atoms with Crippen LogP contribution in [0.4, 0.5) is 0 Å². The van der Waals surface area contributed by atoms with E-state index in [9.17, 15) is 9.59 Å². The number of aryl methyl sites for hydroxylation is 1. The highest BCUT2D eigenvalue weighted by Crippen LogP contribution is 2.30. The molecule has 0 atom stereocenters. The molecule has 1 aliphatic carbocycles. The van der Waals surface area contributed by atoms with E-state index in [1.54, 1.807) is 0 Å². The van der Waals surface area contributed by atoms with Gasteiger partial charge in [-0.25, -0.2) is 0 Å². The lowest BCUT2D eigenvalue weighted by Gasteiger charge is -2.25. The summed E-state index contributed by atoms with van der Waals surface area (Å²) in [6, 6.07) is 7.44. The summed E-state index contributed by atoms with van der Waals surface area (Å²) in [7, 11) is 0. The van der Waals surface area contributed by atoms with Crippen LogP contribution in [0.15, 0.2) is 24.3 Å². The zero-order valence-corrected chi connectivity index (χ0v) is 12.0. The first kappa shape index (κ1) is 14.8. The summed E-state index contributed by atoms with van der Waals surface area (Å²) in [5, 5.41) is 8.66. The number of benzene rings is 1. The second-order valence-corrected chi connectivity index (χ2v) is 5.91. The topological polar surface area (TPSA) is 54.4 Å². The molecule has 3 nitrogen and oxygen atoms in total. The lowest BCUT2D eigenvalue weighted by molar-refractivity contribution is -0.136. The molecule has 2 rings (SSSR count). The van der Waals surface area contributed by atoms with Crippen molar-refractivity contribution in [3.05, 3.63) is 35.4 Å². The minimum Gasteiger partial charge on any atom is -0.481 e. The molecule has 1 fully saturated rings. The summed E-state index contributed by atoms with van der Waals surface area (Å²) in [6.45, 7) is 2.25. The molecule has 0 spiro atoms. The van der Waals surface area contributed by atoms with Gasteiger partial charge in [0.2, 0.25) is 0 Å². The number of ketones is 1. The molecule has 1 aliphatic rings. The van der Waals surface area contributed by atoms with Crippen molar-refractivity contribution in [3.63, 3.8) is 0 Å². The van der Waals surface area contributed by atoms with E-state index in [0.29, 0.717) is 6.42 Å². The second-order valence-electron chi connectivity index (χ2n) is 5.91. The number of rotatable bonds is 5. The summed E-state index contributed by atoms with van der Waals surface area (Å²) >= 11 is 0. The standard InChI is InChI=1S/C17H22O3/c1-12-2-7-14(8-3-12)17(20)15-9-4-13(5-10-15)6-11-16(18)19/h4-5,9-10,12,14H,2-3,6-8,11H2,1H3,(H,18,19). The molecule has 1 saturated carbocycles. The number of Topliss-reactive ketones (excluding diaryl/α,β-unsaturated/α-hetero) is 1. The van der Waals surface area contributed by atoms with Crippen molar-refractivity contribution in [2.24, 2.45) is 11.8 Å². The van der Waals surface area contributed by atoms with Gasteiger partial charge in [-0.05, 0) is 30.7 Å². The monoisotopic (exact) mass is 274 g/mol. The Morgan fingerprint density at radius 1 is 1.10 bits per heavy atom. The Morgan fingerprint density at radius 2 is 1.70 bits per heavy atom. The van der Waals surface area contributed by atoms with Crippen molar-refractivity contribution in [1.29, 1.82) is 0 Å². The molecule has 3 heteroatoms. The molecule has 0 unspecified atom stereocenters. The van der Waals surface area contributed by atoms with Crippen molar-refractivity contribution in [2.75, 3.05) is 0 Å². The van der Waals surface area contributed by atoms with Crippen LogP contribution in [-0.4, -0.2) is 16.9 Å². The quantitative estimate of drug-likeness (QED) is 0.833. The normalized spacial score (nSPS) is 22.4. The molecule has 0 aromatic heterocycles. The highest BCUT2D eigenvalue weighted by molar-refractivity contribution is 5.97. The Hall–Kier alpha value is -1.64. The van der Waals surface area contributed by atoms with E-state index < -0.39 is 5.97 Å². The minimum atomic E-state index is -0.790. The number of carbonyl (C=O) groups excluding carboxylic acids is 1. The zero-order chi connectivity index (χ0) is 14.5. The lowest BCUT2D eigenvalue weighted by atomic mass is 9.79. The van der Waals surface area contributed by atoms with Crippen LogP contribution in [0, 0.1) is 11.8 Å². The first-order chi connectivity index (χ1) is 9.56. The zero-order valence-electron chi connectivity index (χ0n) is 12.0. The first-order valence-electron chi connectivity index (χ1n) is 7.41. The maximum atomic E-state index is 12.4. The van der Waals surface area contributed by atoms with Gasteiger partial charge in [-0.3, -0.25) is 9.59 Å². The summed E-state index contributed by atoms with van der Waals surface area (Å²) in [4.78, 5) is 22.9. The van der Waals surface area contributed by atoms with E-state index in [4.69, 9.17) is 5.11 Å². The summed E-state index contributed by atoms with van der Waals surface area (Å²) in [6.07, 6.45) is 4.94. The van der Waals surface area contributed by atoms with Gasteiger partial charge in [0.15, 0.2) is 5.78 Å². The number of hydrogen-bond acceptors (Lipinski definition) is 2. The molecule has 1 aromatic carbocycles. The van der Waals surface area contributed by atoms with Gasteiger partial charge >= 0.3 is 5.97 Å². The van der Waals surface area contributed by atoms with Crippen LogP contribution in [-0.2, 0) is 11.2 Å². The predicted molar refractivity (Wildman–Crippen MR) is 77.9 cm³/mol. The fourth-order valence-electron chi connectivity index (χ4n) is 2.84. The van der Waals surface area contributed by atoms with E-state index in [-0.39, 0.29) is 18.1 Å². The van der Waals surface area contributed by atoms with E-state index in [1.165, 1.54) is 0 Å². The molecule has 0 radical (unpaired) electrons. The largest absolute Gasteiger partial charge is 0.481 e. The molecule has 0 saturated heterocycles. The van der Waals surface area contributed by atoms with Crippen LogP contribution in [0.1, 0.15) is 54.9 Å². The third-order valence-corrected chi connectivity index (χ3v) is 4.25. The van der Waals surface area contributed by atoms with Gasteiger partial charge in [0.25, 0.3) is 0 Å². The number of carboxylic acid groups (broad SMARTS) is 1.